The number of halogens is 3. The molecule has 3 aliphatic rings. The highest BCUT2D eigenvalue weighted by atomic mass is 19.4. The van der Waals surface area contributed by atoms with Crippen molar-refractivity contribution in [1.29, 1.82) is 0 Å². The van der Waals surface area contributed by atoms with Gasteiger partial charge in [-0.3, -0.25) is 4.79 Å². The SMILES string of the molecule is O=C(c1ccc(C(F)(F)F)cc1)N1CCN2C(=O)N(C3CCCCC3)CC2C1. The van der Waals surface area contributed by atoms with Gasteiger partial charge in [0.15, 0.2) is 0 Å². The molecule has 152 valence electrons. The van der Waals surface area contributed by atoms with E-state index in [2.05, 4.69) is 0 Å². The zero-order valence-corrected chi connectivity index (χ0v) is 15.6. The third-order valence-corrected chi connectivity index (χ3v) is 6.14. The second-order valence-corrected chi connectivity index (χ2v) is 7.90. The molecule has 5 nitrogen and oxygen atoms in total. The van der Waals surface area contributed by atoms with Crippen LogP contribution in [0, 0.1) is 0 Å². The van der Waals surface area contributed by atoms with Gasteiger partial charge in [-0.1, -0.05) is 19.3 Å². The first kappa shape index (κ1) is 19.1. The van der Waals surface area contributed by atoms with E-state index in [1.54, 1.807) is 4.90 Å². The topological polar surface area (TPSA) is 43.9 Å². The fourth-order valence-electron chi connectivity index (χ4n) is 4.60. The van der Waals surface area contributed by atoms with E-state index in [0.29, 0.717) is 32.2 Å². The van der Waals surface area contributed by atoms with Gasteiger partial charge in [0.1, 0.15) is 0 Å². The Hall–Kier alpha value is -2.25. The minimum atomic E-state index is -4.42. The molecular formula is C20H24F3N3O2. The summed E-state index contributed by atoms with van der Waals surface area (Å²) in [4.78, 5) is 31.0. The van der Waals surface area contributed by atoms with Crippen LogP contribution in [0.1, 0.15) is 48.0 Å². The standard InChI is InChI=1S/C20H24F3N3O2/c21-20(22,23)15-8-6-14(7-9-15)18(27)24-10-11-25-17(12-24)13-26(19(25)28)16-4-2-1-3-5-16/h6-9,16-17H,1-5,10-13H2. The smallest absolute Gasteiger partial charge is 0.335 e. The number of fused-ring (bicyclic) bond motifs is 1. The molecule has 2 heterocycles. The molecule has 0 spiro atoms. The van der Waals surface area contributed by atoms with Gasteiger partial charge in [-0.2, -0.15) is 13.2 Å². The van der Waals surface area contributed by atoms with Gasteiger partial charge in [-0.05, 0) is 37.1 Å². The van der Waals surface area contributed by atoms with Crippen molar-refractivity contribution in [2.24, 2.45) is 0 Å². The minimum absolute atomic E-state index is 0.0402. The summed E-state index contributed by atoms with van der Waals surface area (Å²) in [6.45, 7) is 1.93. The largest absolute Gasteiger partial charge is 0.416 e. The number of piperazine rings is 1. The van der Waals surface area contributed by atoms with Crippen molar-refractivity contribution in [3.8, 4) is 0 Å². The van der Waals surface area contributed by atoms with E-state index < -0.39 is 11.7 Å². The van der Waals surface area contributed by atoms with E-state index in [1.165, 1.54) is 18.6 Å². The maximum Gasteiger partial charge on any atom is 0.416 e. The van der Waals surface area contributed by atoms with E-state index in [9.17, 15) is 22.8 Å². The minimum Gasteiger partial charge on any atom is -0.335 e. The first-order valence-electron chi connectivity index (χ1n) is 9.88. The van der Waals surface area contributed by atoms with Gasteiger partial charge in [0.2, 0.25) is 0 Å². The molecule has 1 unspecified atom stereocenters. The molecule has 1 atom stereocenters. The van der Waals surface area contributed by atoms with Crippen LogP contribution in [0.5, 0.6) is 0 Å². The molecule has 8 heteroatoms. The second kappa shape index (κ2) is 7.29. The predicted molar refractivity (Wildman–Crippen MR) is 96.8 cm³/mol. The Kier molecular flexibility index (Phi) is 4.97. The molecule has 1 aliphatic carbocycles. The van der Waals surface area contributed by atoms with Gasteiger partial charge in [0.05, 0.1) is 11.6 Å². The zero-order chi connectivity index (χ0) is 19.9. The predicted octanol–water partition coefficient (Wildman–Crippen LogP) is 3.60. The molecule has 3 amide bonds. The lowest BCUT2D eigenvalue weighted by molar-refractivity contribution is -0.137. The Morgan fingerprint density at radius 3 is 2.21 bits per heavy atom. The average molecular weight is 395 g/mol. The van der Waals surface area contributed by atoms with Gasteiger partial charge in [0.25, 0.3) is 5.91 Å². The molecular weight excluding hydrogens is 371 g/mol. The van der Waals surface area contributed by atoms with E-state index >= 15 is 0 Å². The molecule has 0 radical (unpaired) electrons. The molecule has 0 bridgehead atoms. The summed E-state index contributed by atoms with van der Waals surface area (Å²) in [6, 6.07) is 4.66. The first-order valence-corrected chi connectivity index (χ1v) is 9.88. The summed E-state index contributed by atoms with van der Waals surface area (Å²) in [5.41, 5.74) is -0.520. The van der Waals surface area contributed by atoms with Crippen molar-refractivity contribution in [2.75, 3.05) is 26.2 Å². The molecule has 0 N–H and O–H groups in total. The summed E-state index contributed by atoms with van der Waals surface area (Å²) in [5, 5.41) is 0. The highest BCUT2D eigenvalue weighted by molar-refractivity contribution is 5.94. The number of rotatable bonds is 2. The van der Waals surface area contributed by atoms with Crippen molar-refractivity contribution in [1.82, 2.24) is 14.7 Å². The van der Waals surface area contributed by atoms with Crippen LogP contribution in [0.2, 0.25) is 0 Å². The molecule has 1 aromatic rings. The van der Waals surface area contributed by atoms with Gasteiger partial charge >= 0.3 is 12.2 Å². The van der Waals surface area contributed by atoms with Crippen LogP contribution in [0.4, 0.5) is 18.0 Å². The summed E-state index contributed by atoms with van der Waals surface area (Å²) in [6.07, 6.45) is 1.19. The zero-order valence-electron chi connectivity index (χ0n) is 15.6. The van der Waals surface area contributed by atoms with E-state index in [-0.39, 0.29) is 23.5 Å². The third-order valence-electron chi connectivity index (χ3n) is 6.14. The van der Waals surface area contributed by atoms with Crippen LogP contribution >= 0.6 is 0 Å². The van der Waals surface area contributed by atoms with Crippen LogP contribution in [0.15, 0.2) is 24.3 Å². The van der Waals surface area contributed by atoms with Crippen molar-refractivity contribution < 1.29 is 22.8 Å². The lowest BCUT2D eigenvalue weighted by Crippen LogP contribution is -2.53. The summed E-state index contributed by atoms with van der Waals surface area (Å²) >= 11 is 0. The van der Waals surface area contributed by atoms with Crippen molar-refractivity contribution >= 4 is 11.9 Å². The Morgan fingerprint density at radius 1 is 0.893 bits per heavy atom. The second-order valence-electron chi connectivity index (χ2n) is 7.90. The average Bonchev–Trinajstić information content (AvgIpc) is 3.03. The molecule has 1 aromatic carbocycles. The lowest BCUT2D eigenvalue weighted by Gasteiger charge is -2.36. The fourth-order valence-corrected chi connectivity index (χ4v) is 4.60. The maximum atomic E-state index is 12.8. The molecule has 3 fully saturated rings. The molecule has 2 aliphatic heterocycles. The monoisotopic (exact) mass is 395 g/mol. The highest BCUT2D eigenvalue weighted by Gasteiger charge is 2.44. The van der Waals surface area contributed by atoms with Crippen molar-refractivity contribution in [3.05, 3.63) is 35.4 Å². The van der Waals surface area contributed by atoms with Crippen LogP contribution < -0.4 is 0 Å². The fraction of sp³-hybridized carbons (Fsp3) is 0.600. The van der Waals surface area contributed by atoms with Crippen LogP contribution in [0.25, 0.3) is 0 Å². The summed E-state index contributed by atoms with van der Waals surface area (Å²) in [5.74, 6) is -0.281. The van der Waals surface area contributed by atoms with E-state index in [1.807, 2.05) is 9.80 Å². The lowest BCUT2D eigenvalue weighted by atomic mass is 9.94. The van der Waals surface area contributed by atoms with Crippen molar-refractivity contribution in [3.63, 3.8) is 0 Å². The van der Waals surface area contributed by atoms with Gasteiger partial charge in [-0.15, -0.1) is 0 Å². The number of hydrogen-bond acceptors (Lipinski definition) is 2. The molecule has 2 saturated heterocycles. The van der Waals surface area contributed by atoms with Crippen molar-refractivity contribution in [2.45, 2.75) is 50.4 Å². The number of amides is 3. The summed E-state index contributed by atoms with van der Waals surface area (Å²) < 4.78 is 38.1. The molecule has 4 rings (SSSR count). The number of benzene rings is 1. The van der Waals surface area contributed by atoms with E-state index in [4.69, 9.17) is 0 Å². The summed E-state index contributed by atoms with van der Waals surface area (Å²) in [7, 11) is 0. The normalized spacial score (nSPS) is 23.9. The number of carbonyl (C=O) groups excluding carboxylic acids is 2. The molecule has 1 saturated carbocycles. The van der Waals surface area contributed by atoms with E-state index in [0.717, 1.165) is 37.8 Å². The Balaban J connectivity index is 1.42. The van der Waals surface area contributed by atoms with Gasteiger partial charge in [0, 0.05) is 37.8 Å². The number of hydrogen-bond donors (Lipinski definition) is 0. The number of urea groups is 1. The maximum absolute atomic E-state index is 12.8. The quantitative estimate of drug-likeness (QED) is 0.768. The van der Waals surface area contributed by atoms with Gasteiger partial charge in [-0.25, -0.2) is 4.79 Å². The van der Waals surface area contributed by atoms with Crippen LogP contribution in [-0.2, 0) is 6.18 Å². The van der Waals surface area contributed by atoms with Crippen LogP contribution in [-0.4, -0.2) is 64.9 Å². The Bertz CT molecular complexity index is 744. The molecule has 0 aromatic heterocycles. The highest BCUT2D eigenvalue weighted by Crippen LogP contribution is 2.31. The van der Waals surface area contributed by atoms with Crippen LogP contribution in [0.3, 0.4) is 0 Å². The number of alkyl halides is 3. The molecule has 28 heavy (non-hydrogen) atoms. The number of carbonyl (C=O) groups is 2. The Labute approximate surface area is 162 Å². The number of nitrogens with zero attached hydrogens (tertiary/aromatic N) is 3. The Morgan fingerprint density at radius 2 is 1.57 bits per heavy atom. The van der Waals surface area contributed by atoms with Gasteiger partial charge < -0.3 is 14.7 Å². The third kappa shape index (κ3) is 3.56. The first-order chi connectivity index (χ1) is 13.3.